The Labute approximate surface area is 158 Å². The van der Waals surface area contributed by atoms with Crippen molar-refractivity contribution in [3.63, 3.8) is 0 Å². The average Bonchev–Trinajstić information content (AvgIpc) is 2.70. The lowest BCUT2D eigenvalue weighted by molar-refractivity contribution is -0.120. The van der Waals surface area contributed by atoms with Gasteiger partial charge in [0.1, 0.15) is 5.84 Å². The molecular formula is C20H24N4O3. The van der Waals surface area contributed by atoms with Crippen molar-refractivity contribution in [1.29, 1.82) is 0 Å². The van der Waals surface area contributed by atoms with Crippen molar-refractivity contribution in [2.45, 2.75) is 6.42 Å². The lowest BCUT2D eigenvalue weighted by Gasteiger charge is -2.28. The Morgan fingerprint density at radius 2 is 1.81 bits per heavy atom. The van der Waals surface area contributed by atoms with Crippen molar-refractivity contribution in [3.8, 4) is 0 Å². The lowest BCUT2D eigenvalue weighted by Crippen LogP contribution is -2.36. The van der Waals surface area contributed by atoms with Gasteiger partial charge in [-0.05, 0) is 29.8 Å². The van der Waals surface area contributed by atoms with Crippen molar-refractivity contribution < 1.29 is 14.4 Å². The summed E-state index contributed by atoms with van der Waals surface area (Å²) >= 11 is 0. The fraction of sp³-hybridized carbons (Fsp3) is 0.300. The van der Waals surface area contributed by atoms with Gasteiger partial charge in [0, 0.05) is 30.9 Å². The van der Waals surface area contributed by atoms with Gasteiger partial charge < -0.3 is 25.5 Å². The number of nitrogens with one attached hydrogen (secondary N) is 1. The summed E-state index contributed by atoms with van der Waals surface area (Å²) in [7, 11) is 0. The van der Waals surface area contributed by atoms with Crippen molar-refractivity contribution in [3.05, 3.63) is 60.2 Å². The molecule has 0 aliphatic carbocycles. The fourth-order valence-electron chi connectivity index (χ4n) is 2.79. The first kappa shape index (κ1) is 18.7. The van der Waals surface area contributed by atoms with Crippen LogP contribution < -0.4 is 16.0 Å². The van der Waals surface area contributed by atoms with Gasteiger partial charge in [0.15, 0.2) is 6.61 Å². The van der Waals surface area contributed by atoms with Crippen molar-refractivity contribution in [2.24, 2.45) is 10.9 Å². The largest absolute Gasteiger partial charge is 0.384 e. The van der Waals surface area contributed by atoms with Crippen LogP contribution in [0.25, 0.3) is 0 Å². The zero-order valence-electron chi connectivity index (χ0n) is 15.1. The van der Waals surface area contributed by atoms with Crippen LogP contribution in [0.3, 0.4) is 0 Å². The Morgan fingerprint density at radius 1 is 1.11 bits per heavy atom. The van der Waals surface area contributed by atoms with E-state index < -0.39 is 0 Å². The van der Waals surface area contributed by atoms with Crippen LogP contribution in [0.5, 0.6) is 0 Å². The second-order valence-electron chi connectivity index (χ2n) is 6.21. The zero-order valence-corrected chi connectivity index (χ0v) is 15.1. The minimum Gasteiger partial charge on any atom is -0.384 e. The molecule has 0 radical (unpaired) electrons. The molecule has 0 aromatic heterocycles. The van der Waals surface area contributed by atoms with E-state index in [0.717, 1.165) is 37.6 Å². The highest BCUT2D eigenvalue weighted by Gasteiger charge is 2.11. The Balaban J connectivity index is 1.43. The fourth-order valence-corrected chi connectivity index (χ4v) is 2.79. The molecule has 1 amide bonds. The van der Waals surface area contributed by atoms with E-state index in [9.17, 15) is 4.79 Å². The Morgan fingerprint density at radius 3 is 2.52 bits per heavy atom. The number of hydrogen-bond acceptors (Lipinski definition) is 5. The smallest absolute Gasteiger partial charge is 0.265 e. The summed E-state index contributed by atoms with van der Waals surface area (Å²) in [5, 5.41) is 6.57. The maximum absolute atomic E-state index is 12.0. The molecule has 7 heteroatoms. The second kappa shape index (κ2) is 9.59. The maximum atomic E-state index is 12.0. The third-order valence-corrected chi connectivity index (χ3v) is 4.13. The molecule has 142 valence electrons. The molecule has 0 unspecified atom stereocenters. The third-order valence-electron chi connectivity index (χ3n) is 4.13. The van der Waals surface area contributed by atoms with E-state index >= 15 is 0 Å². The van der Waals surface area contributed by atoms with Crippen LogP contribution in [0.2, 0.25) is 0 Å². The second-order valence-corrected chi connectivity index (χ2v) is 6.21. The monoisotopic (exact) mass is 368 g/mol. The molecular weight excluding hydrogens is 344 g/mol. The van der Waals surface area contributed by atoms with Gasteiger partial charge in [-0.1, -0.05) is 35.5 Å². The zero-order chi connectivity index (χ0) is 18.9. The first-order valence-electron chi connectivity index (χ1n) is 8.91. The molecule has 0 spiro atoms. The van der Waals surface area contributed by atoms with E-state index in [1.54, 1.807) is 0 Å². The van der Waals surface area contributed by atoms with E-state index in [-0.39, 0.29) is 12.5 Å². The SMILES string of the molecule is N/C(Cc1ccccc1)=N\OCC(=O)Nc1ccc(N2CCOCC2)cc1. The van der Waals surface area contributed by atoms with Crippen LogP contribution in [0.15, 0.2) is 59.8 Å². The first-order chi connectivity index (χ1) is 13.2. The summed E-state index contributed by atoms with van der Waals surface area (Å²) in [6.07, 6.45) is 0.478. The van der Waals surface area contributed by atoms with Gasteiger partial charge in [-0.3, -0.25) is 4.79 Å². The minimum atomic E-state index is -0.287. The molecule has 2 aromatic carbocycles. The summed E-state index contributed by atoms with van der Waals surface area (Å²) in [6, 6.07) is 17.4. The number of rotatable bonds is 7. The number of benzene rings is 2. The predicted molar refractivity (Wildman–Crippen MR) is 106 cm³/mol. The third kappa shape index (κ3) is 6.00. The van der Waals surface area contributed by atoms with Gasteiger partial charge in [-0.25, -0.2) is 0 Å². The van der Waals surface area contributed by atoms with Gasteiger partial charge in [-0.15, -0.1) is 0 Å². The van der Waals surface area contributed by atoms with Crippen LogP contribution in [0.1, 0.15) is 5.56 Å². The van der Waals surface area contributed by atoms with Gasteiger partial charge in [0.2, 0.25) is 0 Å². The molecule has 1 heterocycles. The Bertz CT molecular complexity index is 757. The molecule has 1 fully saturated rings. The normalized spacial score (nSPS) is 14.7. The van der Waals surface area contributed by atoms with E-state index in [0.29, 0.717) is 17.9 Å². The van der Waals surface area contributed by atoms with Crippen molar-refractivity contribution >= 4 is 23.1 Å². The topological polar surface area (TPSA) is 89.2 Å². The van der Waals surface area contributed by atoms with Crippen molar-refractivity contribution in [2.75, 3.05) is 43.1 Å². The number of carbonyl (C=O) groups excluding carboxylic acids is 1. The molecule has 1 aliphatic rings. The molecule has 7 nitrogen and oxygen atoms in total. The number of nitrogens with zero attached hydrogens (tertiary/aromatic N) is 2. The van der Waals surface area contributed by atoms with Crippen molar-refractivity contribution in [1.82, 2.24) is 0 Å². The van der Waals surface area contributed by atoms with Crippen LogP contribution >= 0.6 is 0 Å². The number of morpholine rings is 1. The molecule has 3 rings (SSSR count). The number of nitrogens with two attached hydrogens (primary N) is 1. The molecule has 1 aliphatic heterocycles. The number of amidine groups is 1. The highest BCUT2D eigenvalue weighted by molar-refractivity contribution is 5.92. The van der Waals surface area contributed by atoms with Crippen LogP contribution in [0.4, 0.5) is 11.4 Å². The molecule has 3 N–H and O–H groups in total. The van der Waals surface area contributed by atoms with E-state index in [2.05, 4.69) is 15.4 Å². The molecule has 2 aromatic rings. The average molecular weight is 368 g/mol. The molecule has 0 saturated carbocycles. The summed E-state index contributed by atoms with van der Waals surface area (Å²) in [5.74, 6) is 0.0363. The van der Waals surface area contributed by atoms with E-state index in [1.807, 2.05) is 54.6 Å². The Hall–Kier alpha value is -3.06. The van der Waals surface area contributed by atoms with E-state index in [1.165, 1.54) is 0 Å². The Kier molecular flexibility index (Phi) is 6.65. The standard InChI is InChI=1S/C20H24N4O3/c21-19(14-16-4-2-1-3-5-16)23-27-15-20(25)22-17-6-8-18(9-7-17)24-10-12-26-13-11-24/h1-9H,10-15H2,(H2,21,23)(H,22,25). The van der Waals surface area contributed by atoms with Crippen LogP contribution in [-0.4, -0.2) is 44.7 Å². The molecule has 0 bridgehead atoms. The maximum Gasteiger partial charge on any atom is 0.265 e. The summed E-state index contributed by atoms with van der Waals surface area (Å²) in [5.41, 5.74) is 8.67. The highest BCUT2D eigenvalue weighted by Crippen LogP contribution is 2.18. The number of hydrogen-bond donors (Lipinski definition) is 2. The molecule has 1 saturated heterocycles. The van der Waals surface area contributed by atoms with Gasteiger partial charge >= 0.3 is 0 Å². The quantitative estimate of drug-likeness (QED) is 0.443. The number of amides is 1. The van der Waals surface area contributed by atoms with Gasteiger partial charge in [0.05, 0.1) is 13.2 Å². The molecule has 0 atom stereocenters. The van der Waals surface area contributed by atoms with E-state index in [4.69, 9.17) is 15.3 Å². The number of carbonyl (C=O) groups is 1. The van der Waals surface area contributed by atoms with Gasteiger partial charge in [0.25, 0.3) is 5.91 Å². The number of ether oxygens (including phenoxy) is 1. The molecule has 27 heavy (non-hydrogen) atoms. The number of oxime groups is 1. The van der Waals surface area contributed by atoms with Crippen LogP contribution in [0, 0.1) is 0 Å². The minimum absolute atomic E-state index is 0.194. The number of anilines is 2. The van der Waals surface area contributed by atoms with Crippen LogP contribution in [-0.2, 0) is 20.8 Å². The van der Waals surface area contributed by atoms with Gasteiger partial charge in [-0.2, -0.15) is 0 Å². The highest BCUT2D eigenvalue weighted by atomic mass is 16.6. The first-order valence-corrected chi connectivity index (χ1v) is 8.91. The summed E-state index contributed by atoms with van der Waals surface area (Å²) in [4.78, 5) is 19.3. The lowest BCUT2D eigenvalue weighted by atomic mass is 10.1. The summed E-state index contributed by atoms with van der Waals surface area (Å²) < 4.78 is 5.35. The predicted octanol–water partition coefficient (Wildman–Crippen LogP) is 1.99. The summed E-state index contributed by atoms with van der Waals surface area (Å²) in [6.45, 7) is 3.04.